The number of aromatic nitrogens is 1. The van der Waals surface area contributed by atoms with E-state index in [-0.39, 0.29) is 5.82 Å². The molecule has 2 aromatic rings. The maximum absolute atomic E-state index is 13.2. The van der Waals surface area contributed by atoms with E-state index in [4.69, 9.17) is 35.4 Å². The van der Waals surface area contributed by atoms with Crippen molar-refractivity contribution in [3.63, 3.8) is 0 Å². The highest BCUT2D eigenvalue weighted by atomic mass is 79.9. The zero-order valence-electron chi connectivity index (χ0n) is 13.0. The summed E-state index contributed by atoms with van der Waals surface area (Å²) >= 11 is 21.3. The second-order valence-electron chi connectivity index (χ2n) is 5.48. The van der Waals surface area contributed by atoms with Crippen LogP contribution in [0, 0.1) is 5.82 Å². The maximum atomic E-state index is 13.2. The molecule has 0 unspecified atom stereocenters. The number of hydrogen-bond acceptors (Lipinski definition) is 3. The molecule has 1 aromatic heterocycles. The number of pyridine rings is 1. The molecule has 2 heterocycles. The number of benzene rings is 1. The van der Waals surface area contributed by atoms with Gasteiger partial charge < -0.3 is 15.1 Å². The molecule has 4 nitrogen and oxygen atoms in total. The molecule has 0 saturated carbocycles. The van der Waals surface area contributed by atoms with Gasteiger partial charge in [-0.05, 0) is 46.3 Å². The fraction of sp³-hybridized carbons (Fsp3) is 0.250. The van der Waals surface area contributed by atoms with Gasteiger partial charge in [0.1, 0.15) is 5.82 Å². The molecule has 0 spiro atoms. The highest BCUT2D eigenvalue weighted by Gasteiger charge is 2.22. The monoisotopic (exact) mass is 462 g/mol. The third-order valence-corrected chi connectivity index (χ3v) is 5.45. The summed E-state index contributed by atoms with van der Waals surface area (Å²) in [5, 5.41) is 4.82. The van der Waals surface area contributed by atoms with Crippen molar-refractivity contribution in [2.75, 3.05) is 36.4 Å². The van der Waals surface area contributed by atoms with Gasteiger partial charge in [-0.3, -0.25) is 4.98 Å². The standard InChI is InChI=1S/C16H14BrCl2FN4S/c17-11-7-10(20)1-2-14(11)22-16(25)24-5-3-23(4-6-24)15-12(18)8-21-9-13(15)19/h1-2,7-9H,3-6H2,(H,22,25). The Morgan fingerprint density at radius 2 is 1.80 bits per heavy atom. The van der Waals surface area contributed by atoms with E-state index in [2.05, 4.69) is 36.0 Å². The SMILES string of the molecule is Fc1ccc(NC(=S)N2CCN(c3c(Cl)cncc3Cl)CC2)c(Br)c1. The van der Waals surface area contributed by atoms with E-state index in [1.54, 1.807) is 18.5 Å². The van der Waals surface area contributed by atoms with Crippen LogP contribution < -0.4 is 10.2 Å². The third kappa shape index (κ3) is 4.34. The van der Waals surface area contributed by atoms with Gasteiger partial charge in [0.15, 0.2) is 5.11 Å². The van der Waals surface area contributed by atoms with Crippen LogP contribution in [-0.4, -0.2) is 41.2 Å². The van der Waals surface area contributed by atoms with Gasteiger partial charge in [0.2, 0.25) is 0 Å². The first-order valence-corrected chi connectivity index (χ1v) is 9.46. The minimum absolute atomic E-state index is 0.303. The zero-order chi connectivity index (χ0) is 18.0. The lowest BCUT2D eigenvalue weighted by Gasteiger charge is -2.38. The number of halogens is 4. The van der Waals surface area contributed by atoms with Crippen molar-refractivity contribution >= 4 is 67.8 Å². The minimum atomic E-state index is -0.303. The zero-order valence-corrected chi connectivity index (χ0v) is 16.9. The molecule has 3 rings (SSSR count). The second-order valence-corrected chi connectivity index (χ2v) is 7.54. The van der Waals surface area contributed by atoms with Gasteiger partial charge >= 0.3 is 0 Å². The van der Waals surface area contributed by atoms with Crippen molar-refractivity contribution in [1.29, 1.82) is 0 Å². The molecule has 1 N–H and O–H groups in total. The quantitative estimate of drug-likeness (QED) is 0.646. The molecule has 1 fully saturated rings. The van der Waals surface area contributed by atoms with Crippen LogP contribution >= 0.6 is 51.3 Å². The van der Waals surface area contributed by atoms with E-state index < -0.39 is 0 Å². The van der Waals surface area contributed by atoms with Crippen molar-refractivity contribution in [1.82, 2.24) is 9.88 Å². The van der Waals surface area contributed by atoms with Gasteiger partial charge in [0.25, 0.3) is 0 Å². The molecular weight excluding hydrogens is 450 g/mol. The normalized spacial score (nSPS) is 14.6. The molecule has 132 valence electrons. The first kappa shape index (κ1) is 18.6. The van der Waals surface area contributed by atoms with Gasteiger partial charge in [0, 0.05) is 43.0 Å². The second kappa shape index (κ2) is 8.03. The number of nitrogens with one attached hydrogen (secondary N) is 1. The van der Waals surface area contributed by atoms with E-state index in [1.165, 1.54) is 12.1 Å². The summed E-state index contributed by atoms with van der Waals surface area (Å²) in [6, 6.07) is 4.44. The van der Waals surface area contributed by atoms with E-state index in [9.17, 15) is 4.39 Å². The molecular formula is C16H14BrCl2FN4S. The van der Waals surface area contributed by atoms with Gasteiger partial charge in [-0.2, -0.15) is 0 Å². The van der Waals surface area contributed by atoms with E-state index in [1.807, 2.05) is 0 Å². The Morgan fingerprint density at radius 1 is 1.16 bits per heavy atom. The summed E-state index contributed by atoms with van der Waals surface area (Å²) in [6.07, 6.45) is 3.18. The fourth-order valence-corrected chi connectivity index (χ4v) is 3.97. The molecule has 1 aliphatic heterocycles. The molecule has 1 saturated heterocycles. The maximum Gasteiger partial charge on any atom is 0.173 e. The van der Waals surface area contributed by atoms with Crippen LogP contribution in [0.4, 0.5) is 15.8 Å². The molecule has 0 amide bonds. The van der Waals surface area contributed by atoms with Crippen LogP contribution in [-0.2, 0) is 0 Å². The average molecular weight is 464 g/mol. The lowest BCUT2D eigenvalue weighted by Crippen LogP contribution is -2.50. The Morgan fingerprint density at radius 3 is 2.40 bits per heavy atom. The Balaban J connectivity index is 1.63. The van der Waals surface area contributed by atoms with Crippen LogP contribution in [0.2, 0.25) is 10.0 Å². The highest BCUT2D eigenvalue weighted by Crippen LogP contribution is 2.33. The molecule has 0 aliphatic carbocycles. The number of thiocarbonyl (C=S) groups is 1. The van der Waals surface area contributed by atoms with Crippen LogP contribution in [0.5, 0.6) is 0 Å². The lowest BCUT2D eigenvalue weighted by molar-refractivity contribution is 0.391. The Hall–Kier alpha value is -1.15. The average Bonchev–Trinajstić information content (AvgIpc) is 2.58. The minimum Gasteiger partial charge on any atom is -0.365 e. The molecule has 1 aromatic carbocycles. The van der Waals surface area contributed by atoms with Gasteiger partial charge in [-0.1, -0.05) is 23.2 Å². The lowest BCUT2D eigenvalue weighted by atomic mass is 10.2. The van der Waals surface area contributed by atoms with Crippen LogP contribution in [0.1, 0.15) is 0 Å². The van der Waals surface area contributed by atoms with Crippen molar-refractivity contribution < 1.29 is 4.39 Å². The van der Waals surface area contributed by atoms with E-state index in [0.29, 0.717) is 19.6 Å². The summed E-state index contributed by atoms with van der Waals surface area (Å²) in [7, 11) is 0. The third-order valence-electron chi connectivity index (χ3n) is 3.88. The molecule has 25 heavy (non-hydrogen) atoms. The first-order chi connectivity index (χ1) is 12.0. The van der Waals surface area contributed by atoms with Crippen molar-refractivity contribution in [2.24, 2.45) is 0 Å². The summed E-state index contributed by atoms with van der Waals surface area (Å²) < 4.78 is 13.8. The van der Waals surface area contributed by atoms with Crippen LogP contribution in [0.15, 0.2) is 35.1 Å². The van der Waals surface area contributed by atoms with E-state index in [0.717, 1.165) is 37.6 Å². The molecule has 0 radical (unpaired) electrons. The van der Waals surface area contributed by atoms with Crippen molar-refractivity contribution in [3.8, 4) is 0 Å². The first-order valence-electron chi connectivity index (χ1n) is 7.50. The molecule has 9 heteroatoms. The molecule has 0 atom stereocenters. The van der Waals surface area contributed by atoms with Crippen LogP contribution in [0.25, 0.3) is 0 Å². The van der Waals surface area contributed by atoms with Gasteiger partial charge in [-0.15, -0.1) is 0 Å². The molecule has 1 aliphatic rings. The Kier molecular flexibility index (Phi) is 5.99. The smallest absolute Gasteiger partial charge is 0.173 e. The summed E-state index contributed by atoms with van der Waals surface area (Å²) in [4.78, 5) is 8.17. The predicted molar refractivity (Wildman–Crippen MR) is 108 cm³/mol. The van der Waals surface area contributed by atoms with Crippen molar-refractivity contribution in [2.45, 2.75) is 0 Å². The number of rotatable bonds is 2. The van der Waals surface area contributed by atoms with Crippen LogP contribution in [0.3, 0.4) is 0 Å². The number of anilines is 2. The number of nitrogens with zero attached hydrogens (tertiary/aromatic N) is 3. The van der Waals surface area contributed by atoms with Gasteiger partial charge in [-0.25, -0.2) is 4.39 Å². The Bertz CT molecular complexity index is 779. The van der Waals surface area contributed by atoms with E-state index >= 15 is 0 Å². The topological polar surface area (TPSA) is 31.4 Å². The molecule has 0 bridgehead atoms. The Labute approximate surface area is 169 Å². The predicted octanol–water partition coefficient (Wildman–Crippen LogP) is 4.81. The largest absolute Gasteiger partial charge is 0.365 e. The number of piperazine rings is 1. The summed E-state index contributed by atoms with van der Waals surface area (Å²) in [5.41, 5.74) is 1.53. The van der Waals surface area contributed by atoms with Gasteiger partial charge in [0.05, 0.1) is 21.4 Å². The summed E-state index contributed by atoms with van der Waals surface area (Å²) in [6.45, 7) is 2.91. The highest BCUT2D eigenvalue weighted by molar-refractivity contribution is 9.10. The summed E-state index contributed by atoms with van der Waals surface area (Å²) in [5.74, 6) is -0.303. The fourth-order valence-electron chi connectivity index (χ4n) is 2.62. The number of hydrogen-bond donors (Lipinski definition) is 1. The van der Waals surface area contributed by atoms with Crippen molar-refractivity contribution in [3.05, 3.63) is 50.9 Å².